The van der Waals surface area contributed by atoms with E-state index in [0.29, 0.717) is 28.1 Å². The maximum atomic E-state index is 12.8. The normalized spacial score (nSPS) is 15.3. The highest BCUT2D eigenvalue weighted by atomic mass is 16.6. The standard InChI is InChI=1S/C29H29N3O5/c1-19-25(28(34)37-18-17-36-3)26(31-29(35)32(19)2)22-13-15-24(16-14-22)30-27(33)23-11-9-21(10-12-23)20-7-5-4-6-8-20/h4-16,26H,17-18H2,1-3H3,(H,30,33)(H,31,35). The fourth-order valence-corrected chi connectivity index (χ4v) is 4.05. The largest absolute Gasteiger partial charge is 0.460 e. The smallest absolute Gasteiger partial charge is 0.338 e. The molecule has 1 aliphatic heterocycles. The van der Waals surface area contributed by atoms with Crippen molar-refractivity contribution in [2.75, 3.05) is 32.7 Å². The summed E-state index contributed by atoms with van der Waals surface area (Å²) in [5.74, 6) is -0.763. The van der Waals surface area contributed by atoms with E-state index >= 15 is 0 Å². The Morgan fingerprint density at radius 1 is 0.919 bits per heavy atom. The predicted molar refractivity (Wildman–Crippen MR) is 141 cm³/mol. The highest BCUT2D eigenvalue weighted by Gasteiger charge is 2.35. The van der Waals surface area contributed by atoms with Gasteiger partial charge in [-0.15, -0.1) is 0 Å². The van der Waals surface area contributed by atoms with E-state index in [1.54, 1.807) is 50.4 Å². The topological polar surface area (TPSA) is 97.0 Å². The summed E-state index contributed by atoms with van der Waals surface area (Å²) >= 11 is 0. The lowest BCUT2D eigenvalue weighted by Crippen LogP contribution is -2.46. The third kappa shape index (κ3) is 5.87. The SMILES string of the molecule is COCCOC(=O)C1=C(C)N(C)C(=O)NC1c1ccc(NC(=O)c2ccc(-c3ccccc3)cc2)cc1. The molecule has 2 N–H and O–H groups in total. The van der Waals surface area contributed by atoms with Gasteiger partial charge in [-0.3, -0.25) is 4.79 Å². The molecule has 3 amide bonds. The number of esters is 1. The van der Waals surface area contributed by atoms with Gasteiger partial charge >= 0.3 is 12.0 Å². The number of nitrogens with one attached hydrogen (secondary N) is 2. The zero-order valence-corrected chi connectivity index (χ0v) is 21.0. The van der Waals surface area contributed by atoms with Crippen molar-refractivity contribution in [1.29, 1.82) is 0 Å². The van der Waals surface area contributed by atoms with Gasteiger partial charge in [0, 0.05) is 31.1 Å². The van der Waals surface area contributed by atoms with E-state index in [1.807, 2.05) is 42.5 Å². The van der Waals surface area contributed by atoms with Gasteiger partial charge in [0.1, 0.15) is 6.61 Å². The molecule has 0 saturated heterocycles. The summed E-state index contributed by atoms with van der Waals surface area (Å²) in [4.78, 5) is 39.4. The predicted octanol–water partition coefficient (Wildman–Crippen LogP) is 4.77. The Balaban J connectivity index is 1.48. The molecule has 4 rings (SSSR count). The van der Waals surface area contributed by atoms with Gasteiger partial charge in [-0.05, 0) is 47.9 Å². The molecule has 37 heavy (non-hydrogen) atoms. The number of benzene rings is 3. The molecule has 0 bridgehead atoms. The Labute approximate surface area is 215 Å². The van der Waals surface area contributed by atoms with Gasteiger partial charge in [0.25, 0.3) is 5.91 Å². The number of carbonyl (C=O) groups excluding carboxylic acids is 3. The quantitative estimate of drug-likeness (QED) is 0.344. The lowest BCUT2D eigenvalue weighted by Gasteiger charge is -2.33. The van der Waals surface area contributed by atoms with Crippen LogP contribution >= 0.6 is 0 Å². The first-order valence-corrected chi connectivity index (χ1v) is 11.9. The molecule has 1 unspecified atom stereocenters. The van der Waals surface area contributed by atoms with Crippen molar-refractivity contribution >= 4 is 23.6 Å². The molecule has 0 radical (unpaired) electrons. The number of hydrogen-bond donors (Lipinski definition) is 2. The molecular weight excluding hydrogens is 470 g/mol. The van der Waals surface area contributed by atoms with Gasteiger partial charge in [-0.25, -0.2) is 9.59 Å². The number of urea groups is 1. The maximum absolute atomic E-state index is 12.8. The van der Waals surface area contributed by atoms with Crippen LogP contribution in [0.15, 0.2) is 90.1 Å². The van der Waals surface area contributed by atoms with Gasteiger partial charge in [0.2, 0.25) is 0 Å². The Bertz CT molecular complexity index is 1300. The average Bonchev–Trinajstić information content (AvgIpc) is 2.92. The Kier molecular flexibility index (Phi) is 8.00. The second-order valence-corrected chi connectivity index (χ2v) is 8.59. The van der Waals surface area contributed by atoms with E-state index in [4.69, 9.17) is 9.47 Å². The van der Waals surface area contributed by atoms with Gasteiger partial charge in [0.05, 0.1) is 18.2 Å². The molecule has 0 aromatic heterocycles. The minimum absolute atomic E-state index is 0.105. The Morgan fingerprint density at radius 2 is 1.57 bits per heavy atom. The minimum atomic E-state index is -0.686. The maximum Gasteiger partial charge on any atom is 0.338 e. The zero-order chi connectivity index (χ0) is 26.4. The Morgan fingerprint density at radius 3 is 2.22 bits per heavy atom. The van der Waals surface area contributed by atoms with E-state index in [9.17, 15) is 14.4 Å². The second-order valence-electron chi connectivity index (χ2n) is 8.59. The van der Waals surface area contributed by atoms with Crippen molar-refractivity contribution in [3.63, 3.8) is 0 Å². The molecule has 0 aliphatic carbocycles. The first-order chi connectivity index (χ1) is 17.9. The molecule has 3 aromatic carbocycles. The zero-order valence-electron chi connectivity index (χ0n) is 21.0. The first-order valence-electron chi connectivity index (χ1n) is 11.9. The van der Waals surface area contributed by atoms with E-state index in [2.05, 4.69) is 10.6 Å². The first kappa shape index (κ1) is 25.7. The molecule has 1 atom stereocenters. The molecule has 190 valence electrons. The number of ether oxygens (including phenoxy) is 2. The summed E-state index contributed by atoms with van der Waals surface area (Å²) in [6.07, 6.45) is 0. The number of carbonyl (C=O) groups is 3. The number of methoxy groups -OCH3 is 1. The fraction of sp³-hybridized carbons (Fsp3) is 0.207. The van der Waals surface area contributed by atoms with Gasteiger partial charge < -0.3 is 25.0 Å². The summed E-state index contributed by atoms with van der Waals surface area (Å²) in [5, 5.41) is 5.74. The molecule has 8 heteroatoms. The summed E-state index contributed by atoms with van der Waals surface area (Å²) < 4.78 is 10.3. The number of hydrogen-bond acceptors (Lipinski definition) is 5. The van der Waals surface area contributed by atoms with Crippen LogP contribution in [0.2, 0.25) is 0 Å². The van der Waals surface area contributed by atoms with Crippen molar-refractivity contribution in [1.82, 2.24) is 10.2 Å². The molecule has 1 heterocycles. The molecule has 0 spiro atoms. The molecular formula is C29H29N3O5. The van der Waals surface area contributed by atoms with Crippen LogP contribution in [0.5, 0.6) is 0 Å². The Hall–Kier alpha value is -4.43. The highest BCUT2D eigenvalue weighted by molar-refractivity contribution is 6.04. The lowest BCUT2D eigenvalue weighted by atomic mass is 9.95. The molecule has 0 fully saturated rings. The van der Waals surface area contributed by atoms with Gasteiger partial charge in [-0.2, -0.15) is 0 Å². The third-order valence-corrected chi connectivity index (χ3v) is 6.25. The second kappa shape index (κ2) is 11.5. The summed E-state index contributed by atoms with van der Waals surface area (Å²) in [5.41, 5.74) is 4.76. The van der Waals surface area contributed by atoms with Crippen LogP contribution in [0.25, 0.3) is 11.1 Å². The van der Waals surface area contributed by atoms with Crippen LogP contribution in [0.3, 0.4) is 0 Å². The average molecular weight is 500 g/mol. The van der Waals surface area contributed by atoms with Crippen LogP contribution in [-0.4, -0.2) is 50.2 Å². The van der Waals surface area contributed by atoms with Crippen molar-refractivity contribution < 1.29 is 23.9 Å². The van der Waals surface area contributed by atoms with E-state index < -0.39 is 12.0 Å². The monoisotopic (exact) mass is 499 g/mol. The molecule has 0 saturated carbocycles. The summed E-state index contributed by atoms with van der Waals surface area (Å²) in [6.45, 7) is 2.08. The van der Waals surface area contributed by atoms with Crippen molar-refractivity contribution in [2.45, 2.75) is 13.0 Å². The van der Waals surface area contributed by atoms with Crippen LogP contribution in [-0.2, 0) is 14.3 Å². The highest BCUT2D eigenvalue weighted by Crippen LogP contribution is 2.31. The number of allylic oxidation sites excluding steroid dienone is 1. The lowest BCUT2D eigenvalue weighted by molar-refractivity contribution is -0.140. The third-order valence-electron chi connectivity index (χ3n) is 6.25. The van der Waals surface area contributed by atoms with Crippen LogP contribution in [0.1, 0.15) is 28.9 Å². The van der Waals surface area contributed by atoms with Gasteiger partial charge in [0.15, 0.2) is 0 Å². The number of nitrogens with zero attached hydrogens (tertiary/aromatic N) is 1. The van der Waals surface area contributed by atoms with Crippen LogP contribution in [0, 0.1) is 0 Å². The van der Waals surface area contributed by atoms with Gasteiger partial charge in [-0.1, -0.05) is 54.6 Å². The van der Waals surface area contributed by atoms with Crippen molar-refractivity contribution in [3.05, 3.63) is 101 Å². The van der Waals surface area contributed by atoms with Crippen LogP contribution < -0.4 is 10.6 Å². The number of amides is 3. The molecule has 1 aliphatic rings. The number of rotatable bonds is 8. The molecule has 3 aromatic rings. The van der Waals surface area contributed by atoms with Crippen molar-refractivity contribution in [2.24, 2.45) is 0 Å². The number of anilines is 1. The summed E-state index contributed by atoms with van der Waals surface area (Å²) in [7, 11) is 3.12. The summed E-state index contributed by atoms with van der Waals surface area (Å²) in [6, 6.07) is 23.3. The van der Waals surface area contributed by atoms with Crippen molar-refractivity contribution in [3.8, 4) is 11.1 Å². The van der Waals surface area contributed by atoms with Crippen LogP contribution in [0.4, 0.5) is 10.5 Å². The fourth-order valence-electron chi connectivity index (χ4n) is 4.05. The van der Waals surface area contributed by atoms with E-state index in [1.165, 1.54) is 12.0 Å². The van der Waals surface area contributed by atoms with E-state index in [0.717, 1.165) is 11.1 Å². The molecule has 8 nitrogen and oxygen atoms in total. The minimum Gasteiger partial charge on any atom is -0.460 e. The van der Waals surface area contributed by atoms with E-state index in [-0.39, 0.29) is 25.2 Å².